The highest BCUT2D eigenvalue weighted by Crippen LogP contribution is 2.22. The van der Waals surface area contributed by atoms with E-state index in [9.17, 15) is 18.0 Å². The topological polar surface area (TPSA) is 102 Å². The Morgan fingerprint density at radius 2 is 1.63 bits per heavy atom. The van der Waals surface area contributed by atoms with E-state index < -0.39 is 28.5 Å². The quantitative estimate of drug-likeness (QED) is 0.593. The van der Waals surface area contributed by atoms with E-state index in [2.05, 4.69) is 10.0 Å². The summed E-state index contributed by atoms with van der Waals surface area (Å²) in [5.74, 6) is -1.20. The van der Waals surface area contributed by atoms with Crippen molar-refractivity contribution < 1.29 is 22.7 Å². The predicted molar refractivity (Wildman–Crippen MR) is 116 cm³/mol. The lowest BCUT2D eigenvalue weighted by atomic mass is 10.0. The molecule has 0 atom stereocenters. The number of carbonyl (C=O) groups is 2. The maximum Gasteiger partial charge on any atom is 0.338 e. The number of aryl methyl sites for hydroxylation is 3. The van der Waals surface area contributed by atoms with Crippen molar-refractivity contribution >= 4 is 27.6 Å². The van der Waals surface area contributed by atoms with Gasteiger partial charge >= 0.3 is 5.97 Å². The van der Waals surface area contributed by atoms with E-state index in [0.29, 0.717) is 5.56 Å². The second-order valence-corrected chi connectivity index (χ2v) is 8.53. The van der Waals surface area contributed by atoms with Crippen molar-refractivity contribution in [1.82, 2.24) is 4.72 Å². The van der Waals surface area contributed by atoms with Gasteiger partial charge in [0.25, 0.3) is 5.91 Å². The first-order valence-electron chi connectivity index (χ1n) is 9.91. The van der Waals surface area contributed by atoms with Crippen LogP contribution in [0.4, 0.5) is 5.69 Å². The number of anilines is 1. The molecule has 0 aromatic heterocycles. The van der Waals surface area contributed by atoms with Gasteiger partial charge in [-0.3, -0.25) is 4.79 Å². The van der Waals surface area contributed by atoms with Gasteiger partial charge in [-0.2, -0.15) is 0 Å². The molecule has 8 heteroatoms. The Hall–Kier alpha value is -2.71. The summed E-state index contributed by atoms with van der Waals surface area (Å²) in [6, 6.07) is 10.1. The smallest absolute Gasteiger partial charge is 0.338 e. The molecule has 2 N–H and O–H groups in total. The first-order chi connectivity index (χ1) is 14.2. The number of amides is 1. The lowest BCUT2D eigenvalue weighted by Gasteiger charge is -2.15. The molecule has 162 valence electrons. The SMILES string of the molecule is CCNS(=O)(=O)c1ccc(C)c(C(=O)OCC(=O)Nc2c(CC)cccc2CC)c1. The van der Waals surface area contributed by atoms with E-state index in [-0.39, 0.29) is 17.0 Å². The largest absolute Gasteiger partial charge is 0.452 e. The van der Waals surface area contributed by atoms with Crippen molar-refractivity contribution in [1.29, 1.82) is 0 Å². The summed E-state index contributed by atoms with van der Waals surface area (Å²) in [4.78, 5) is 24.8. The molecule has 0 unspecified atom stereocenters. The number of hydrogen-bond acceptors (Lipinski definition) is 5. The van der Waals surface area contributed by atoms with Crippen LogP contribution < -0.4 is 10.0 Å². The number of hydrogen-bond donors (Lipinski definition) is 2. The molecule has 0 fully saturated rings. The van der Waals surface area contributed by atoms with E-state index in [1.165, 1.54) is 18.2 Å². The molecule has 0 spiro atoms. The number of benzene rings is 2. The van der Waals surface area contributed by atoms with Crippen molar-refractivity contribution in [2.75, 3.05) is 18.5 Å². The third-order valence-electron chi connectivity index (χ3n) is 4.67. The molecule has 0 bridgehead atoms. The number of nitrogens with one attached hydrogen (secondary N) is 2. The molecular formula is C22H28N2O5S. The molecule has 2 aromatic carbocycles. The Balaban J connectivity index is 2.12. The van der Waals surface area contributed by atoms with E-state index in [1.807, 2.05) is 32.0 Å². The molecule has 0 aliphatic rings. The van der Waals surface area contributed by atoms with Crippen LogP contribution in [0.1, 0.15) is 47.8 Å². The maximum absolute atomic E-state index is 12.5. The third kappa shape index (κ3) is 5.67. The van der Waals surface area contributed by atoms with E-state index >= 15 is 0 Å². The summed E-state index contributed by atoms with van der Waals surface area (Å²) in [5, 5.41) is 2.83. The van der Waals surface area contributed by atoms with Crippen LogP contribution in [0.15, 0.2) is 41.3 Å². The Bertz CT molecular complexity index is 1010. The zero-order valence-electron chi connectivity index (χ0n) is 17.7. The Morgan fingerprint density at radius 1 is 1.00 bits per heavy atom. The molecular weight excluding hydrogens is 404 g/mol. The van der Waals surface area contributed by atoms with Gasteiger partial charge in [0, 0.05) is 12.2 Å². The Kier molecular flexibility index (Phi) is 8.14. The van der Waals surface area contributed by atoms with Crippen molar-refractivity contribution in [3.8, 4) is 0 Å². The number of ether oxygens (including phenoxy) is 1. The highest BCUT2D eigenvalue weighted by atomic mass is 32.2. The molecule has 0 aliphatic carbocycles. The fraction of sp³-hybridized carbons (Fsp3) is 0.364. The van der Waals surface area contributed by atoms with Gasteiger partial charge in [0.15, 0.2) is 6.61 Å². The molecule has 0 saturated heterocycles. The second kappa shape index (κ2) is 10.4. The fourth-order valence-electron chi connectivity index (χ4n) is 3.05. The first kappa shape index (κ1) is 23.6. The van der Waals surface area contributed by atoms with E-state index in [0.717, 1.165) is 29.7 Å². The summed E-state index contributed by atoms with van der Waals surface area (Å²) >= 11 is 0. The molecule has 0 aliphatic heterocycles. The molecule has 0 heterocycles. The van der Waals surface area contributed by atoms with Crippen molar-refractivity contribution in [2.45, 2.75) is 45.4 Å². The van der Waals surface area contributed by atoms with Crippen molar-refractivity contribution in [3.63, 3.8) is 0 Å². The van der Waals surface area contributed by atoms with Gasteiger partial charge in [0.05, 0.1) is 10.5 Å². The van der Waals surface area contributed by atoms with Crippen molar-refractivity contribution in [3.05, 3.63) is 58.7 Å². The minimum Gasteiger partial charge on any atom is -0.452 e. The van der Waals surface area contributed by atoms with Gasteiger partial charge in [-0.15, -0.1) is 0 Å². The zero-order chi connectivity index (χ0) is 22.3. The predicted octanol–water partition coefficient (Wildman–Crippen LogP) is 3.21. The molecule has 0 radical (unpaired) electrons. The van der Waals surface area contributed by atoms with Crippen LogP contribution in [-0.4, -0.2) is 33.4 Å². The van der Waals surface area contributed by atoms with Gasteiger partial charge < -0.3 is 10.1 Å². The summed E-state index contributed by atoms with van der Waals surface area (Å²) < 4.78 is 31.9. The average molecular weight is 433 g/mol. The van der Waals surface area contributed by atoms with Gasteiger partial charge in [-0.25, -0.2) is 17.9 Å². The molecule has 2 aromatic rings. The Labute approximate surface area is 177 Å². The fourth-order valence-corrected chi connectivity index (χ4v) is 4.12. The minimum atomic E-state index is -3.71. The number of para-hydroxylation sites is 1. The number of sulfonamides is 1. The van der Waals surface area contributed by atoms with Gasteiger partial charge in [0.1, 0.15) is 0 Å². The van der Waals surface area contributed by atoms with E-state index in [1.54, 1.807) is 13.8 Å². The molecule has 2 rings (SSSR count). The van der Waals surface area contributed by atoms with Gasteiger partial charge in [-0.1, -0.05) is 45.0 Å². The molecule has 0 saturated carbocycles. The molecule has 1 amide bonds. The van der Waals surface area contributed by atoms with E-state index in [4.69, 9.17) is 4.74 Å². The zero-order valence-corrected chi connectivity index (χ0v) is 18.6. The number of esters is 1. The van der Waals surface area contributed by atoms with Gasteiger partial charge in [0.2, 0.25) is 10.0 Å². The highest BCUT2D eigenvalue weighted by Gasteiger charge is 2.19. The monoisotopic (exact) mass is 432 g/mol. The lowest BCUT2D eigenvalue weighted by Crippen LogP contribution is -2.24. The molecule has 30 heavy (non-hydrogen) atoms. The number of carbonyl (C=O) groups excluding carboxylic acids is 2. The molecule has 7 nitrogen and oxygen atoms in total. The van der Waals surface area contributed by atoms with Crippen LogP contribution in [0.25, 0.3) is 0 Å². The number of rotatable bonds is 9. The van der Waals surface area contributed by atoms with Crippen LogP contribution in [0.2, 0.25) is 0 Å². The normalized spacial score (nSPS) is 11.2. The van der Waals surface area contributed by atoms with Gasteiger partial charge in [-0.05, 0) is 48.6 Å². The highest BCUT2D eigenvalue weighted by molar-refractivity contribution is 7.89. The summed E-state index contributed by atoms with van der Waals surface area (Å²) in [6.07, 6.45) is 1.52. The third-order valence-corrected chi connectivity index (χ3v) is 6.21. The van der Waals surface area contributed by atoms with Crippen LogP contribution in [0.5, 0.6) is 0 Å². The first-order valence-corrected chi connectivity index (χ1v) is 11.4. The summed E-state index contributed by atoms with van der Waals surface area (Å²) in [7, 11) is -3.71. The van der Waals surface area contributed by atoms with Crippen LogP contribution in [-0.2, 0) is 32.4 Å². The van der Waals surface area contributed by atoms with Crippen LogP contribution in [0, 0.1) is 6.92 Å². The van der Waals surface area contributed by atoms with Crippen LogP contribution in [0.3, 0.4) is 0 Å². The summed E-state index contributed by atoms with van der Waals surface area (Å²) in [6.45, 7) is 7.10. The second-order valence-electron chi connectivity index (χ2n) is 6.76. The maximum atomic E-state index is 12.5. The average Bonchev–Trinajstić information content (AvgIpc) is 2.72. The standard InChI is InChI=1S/C22H28N2O5S/c1-5-16-9-8-10-17(6-2)21(16)24-20(25)14-29-22(26)19-13-18(12-11-15(19)4)30(27,28)23-7-3/h8-13,23H,5-7,14H2,1-4H3,(H,24,25). The lowest BCUT2D eigenvalue weighted by molar-refractivity contribution is -0.119. The minimum absolute atomic E-state index is 0.0317. The Morgan fingerprint density at radius 3 is 2.20 bits per heavy atom. The van der Waals surface area contributed by atoms with Crippen molar-refractivity contribution in [2.24, 2.45) is 0 Å². The summed E-state index contributed by atoms with van der Waals surface area (Å²) in [5.41, 5.74) is 3.42. The van der Waals surface area contributed by atoms with Crippen LogP contribution >= 0.6 is 0 Å².